The van der Waals surface area contributed by atoms with Crippen molar-refractivity contribution < 1.29 is 9.18 Å². The van der Waals surface area contributed by atoms with Gasteiger partial charge < -0.3 is 9.80 Å². The number of thiocarbonyl (C=S) groups is 1. The largest absolute Gasteiger partial charge is 0.368 e. The van der Waals surface area contributed by atoms with Gasteiger partial charge in [0.15, 0.2) is 0 Å². The van der Waals surface area contributed by atoms with E-state index in [1.807, 2.05) is 36.4 Å². The Bertz CT molecular complexity index is 1670. The smallest absolute Gasteiger partial charge is 0.267 e. The van der Waals surface area contributed by atoms with E-state index in [9.17, 15) is 14.0 Å². The zero-order chi connectivity index (χ0) is 27.6. The van der Waals surface area contributed by atoms with Crippen LogP contribution in [0.4, 0.5) is 15.9 Å². The number of pyridine rings is 1. The molecule has 4 heterocycles. The third-order valence-electron chi connectivity index (χ3n) is 7.14. The molecule has 2 aliphatic rings. The molecule has 0 atom stereocenters. The van der Waals surface area contributed by atoms with Crippen LogP contribution in [0.2, 0.25) is 0 Å². The summed E-state index contributed by atoms with van der Waals surface area (Å²) in [5.41, 5.74) is 2.74. The van der Waals surface area contributed by atoms with Crippen LogP contribution in [0.3, 0.4) is 0 Å². The van der Waals surface area contributed by atoms with Gasteiger partial charge in [-0.1, -0.05) is 60.4 Å². The molecule has 0 spiro atoms. The number of halogens is 1. The number of hydrogen-bond acceptors (Lipinski definition) is 7. The minimum atomic E-state index is -0.265. The normalized spacial score (nSPS) is 16.9. The van der Waals surface area contributed by atoms with E-state index >= 15 is 0 Å². The molecule has 0 bridgehead atoms. The summed E-state index contributed by atoms with van der Waals surface area (Å²) in [5.74, 6) is 0.0819. The predicted octanol–water partition coefficient (Wildman–Crippen LogP) is 4.60. The zero-order valence-electron chi connectivity index (χ0n) is 21.6. The molecule has 0 radical (unpaired) electrons. The summed E-state index contributed by atoms with van der Waals surface area (Å²) in [7, 11) is 0. The molecular weight excluding hydrogens is 545 g/mol. The minimum Gasteiger partial charge on any atom is -0.368 e. The van der Waals surface area contributed by atoms with Gasteiger partial charge >= 0.3 is 0 Å². The van der Waals surface area contributed by atoms with Crippen LogP contribution < -0.4 is 15.4 Å². The van der Waals surface area contributed by atoms with Crippen molar-refractivity contribution in [2.75, 3.05) is 42.5 Å². The summed E-state index contributed by atoms with van der Waals surface area (Å²) < 4.78 is 15.4. The second-order valence-electron chi connectivity index (χ2n) is 9.60. The lowest BCUT2D eigenvalue weighted by molar-refractivity contribution is -0.122. The highest BCUT2D eigenvalue weighted by Crippen LogP contribution is 2.34. The van der Waals surface area contributed by atoms with E-state index in [-0.39, 0.29) is 17.3 Å². The molecule has 1 amide bonds. The molecule has 6 rings (SSSR count). The van der Waals surface area contributed by atoms with Gasteiger partial charge in [0.2, 0.25) is 0 Å². The Morgan fingerprint density at radius 2 is 1.60 bits per heavy atom. The first kappa shape index (κ1) is 26.2. The molecule has 2 saturated heterocycles. The van der Waals surface area contributed by atoms with Gasteiger partial charge in [-0.3, -0.25) is 18.9 Å². The molecule has 2 aromatic heterocycles. The fourth-order valence-corrected chi connectivity index (χ4v) is 6.29. The lowest BCUT2D eigenvalue weighted by Gasteiger charge is -2.37. The van der Waals surface area contributed by atoms with Crippen LogP contribution in [0, 0.1) is 5.82 Å². The molecule has 202 valence electrons. The number of fused-ring (bicyclic) bond motifs is 1. The van der Waals surface area contributed by atoms with E-state index in [1.165, 1.54) is 28.3 Å². The molecule has 0 saturated carbocycles. The Labute approximate surface area is 240 Å². The fraction of sp³-hybridized carbons (Fsp3) is 0.200. The first-order valence-electron chi connectivity index (χ1n) is 13.0. The maximum Gasteiger partial charge on any atom is 0.267 e. The average molecular weight is 572 g/mol. The number of rotatable bonds is 6. The van der Waals surface area contributed by atoms with Crippen molar-refractivity contribution in [2.24, 2.45) is 0 Å². The summed E-state index contributed by atoms with van der Waals surface area (Å²) in [6.07, 6.45) is 4.02. The van der Waals surface area contributed by atoms with E-state index in [2.05, 4.69) is 9.80 Å². The standard InChI is InChI=1S/C30H26FN5O2S2/c31-22-9-11-23(12-10-22)33-16-18-34(19-17-33)27-24(28(37)35-14-5-4-8-26(35)32-27)20-25-29(38)36(30(39)40-25)15-13-21-6-2-1-3-7-21/h1-12,14,20H,13,15-19H2/b25-20-. The lowest BCUT2D eigenvalue weighted by Crippen LogP contribution is -2.47. The zero-order valence-corrected chi connectivity index (χ0v) is 23.2. The Hall–Kier alpha value is -4.02. The first-order chi connectivity index (χ1) is 19.5. The minimum absolute atomic E-state index is 0.199. The number of benzene rings is 2. The molecule has 7 nitrogen and oxygen atoms in total. The van der Waals surface area contributed by atoms with Gasteiger partial charge in [0.25, 0.3) is 11.5 Å². The van der Waals surface area contributed by atoms with Crippen molar-refractivity contribution in [2.45, 2.75) is 6.42 Å². The third kappa shape index (κ3) is 5.24. The maximum absolute atomic E-state index is 13.7. The van der Waals surface area contributed by atoms with Crippen molar-refractivity contribution in [3.8, 4) is 0 Å². The number of amides is 1. The second-order valence-corrected chi connectivity index (χ2v) is 11.3. The van der Waals surface area contributed by atoms with Crippen molar-refractivity contribution in [1.29, 1.82) is 0 Å². The highest BCUT2D eigenvalue weighted by molar-refractivity contribution is 8.26. The summed E-state index contributed by atoms with van der Waals surface area (Å²) in [5, 5.41) is 0. The monoisotopic (exact) mass is 571 g/mol. The third-order valence-corrected chi connectivity index (χ3v) is 8.51. The SMILES string of the molecule is O=C1/C(=C/c2c(N3CCN(c4ccc(F)cc4)CC3)nc3ccccn3c2=O)SC(=S)N1CCc1ccccc1. The van der Waals surface area contributed by atoms with Crippen molar-refractivity contribution >= 4 is 57.4 Å². The molecular formula is C30H26FN5O2S2. The molecule has 0 N–H and O–H groups in total. The molecule has 2 aromatic carbocycles. The van der Waals surface area contributed by atoms with E-state index in [0.29, 0.717) is 65.4 Å². The second kappa shape index (κ2) is 11.2. The van der Waals surface area contributed by atoms with Crippen LogP contribution >= 0.6 is 24.0 Å². The Kier molecular flexibility index (Phi) is 7.36. The fourth-order valence-electron chi connectivity index (χ4n) is 5.00. The lowest BCUT2D eigenvalue weighted by atomic mass is 10.1. The van der Waals surface area contributed by atoms with Gasteiger partial charge in [0, 0.05) is 44.6 Å². The van der Waals surface area contributed by atoms with Gasteiger partial charge in [-0.05, 0) is 54.5 Å². The van der Waals surface area contributed by atoms with Crippen LogP contribution in [-0.4, -0.2) is 57.2 Å². The summed E-state index contributed by atoms with van der Waals surface area (Å²) in [6, 6.07) is 21.8. The first-order valence-corrected chi connectivity index (χ1v) is 14.3. The number of hydrogen-bond donors (Lipinski definition) is 0. The Morgan fingerprint density at radius 1 is 0.900 bits per heavy atom. The highest BCUT2D eigenvalue weighted by atomic mass is 32.2. The Balaban J connectivity index is 1.29. The number of thioether (sulfide) groups is 1. The van der Waals surface area contributed by atoms with Gasteiger partial charge in [0.1, 0.15) is 21.6 Å². The molecule has 2 aliphatic heterocycles. The van der Waals surface area contributed by atoms with Crippen LogP contribution in [0.1, 0.15) is 11.1 Å². The molecule has 4 aromatic rings. The average Bonchev–Trinajstić information content (AvgIpc) is 3.25. The van der Waals surface area contributed by atoms with Gasteiger partial charge in [-0.25, -0.2) is 9.37 Å². The number of anilines is 2. The maximum atomic E-state index is 13.7. The van der Waals surface area contributed by atoms with Gasteiger partial charge in [-0.15, -0.1) is 0 Å². The number of piperazine rings is 1. The van der Waals surface area contributed by atoms with Gasteiger partial charge in [-0.2, -0.15) is 0 Å². The number of nitrogens with zero attached hydrogens (tertiary/aromatic N) is 5. The molecule has 40 heavy (non-hydrogen) atoms. The Morgan fingerprint density at radius 3 is 2.35 bits per heavy atom. The number of carbonyl (C=O) groups is 1. The summed E-state index contributed by atoms with van der Waals surface area (Å²) in [4.78, 5) is 38.3. The molecule has 0 aliphatic carbocycles. The van der Waals surface area contributed by atoms with Crippen molar-refractivity contribution in [1.82, 2.24) is 14.3 Å². The highest BCUT2D eigenvalue weighted by Gasteiger charge is 2.33. The van der Waals surface area contributed by atoms with Crippen molar-refractivity contribution in [3.05, 3.63) is 111 Å². The number of aromatic nitrogens is 2. The van der Waals surface area contributed by atoms with Crippen LogP contribution in [0.15, 0.2) is 88.7 Å². The molecule has 0 unspecified atom stereocenters. The quantitative estimate of drug-likeness (QED) is 0.248. The van der Waals surface area contributed by atoms with E-state index in [4.69, 9.17) is 17.2 Å². The van der Waals surface area contributed by atoms with Crippen LogP contribution in [0.5, 0.6) is 0 Å². The predicted molar refractivity (Wildman–Crippen MR) is 162 cm³/mol. The van der Waals surface area contributed by atoms with Crippen LogP contribution in [-0.2, 0) is 11.2 Å². The van der Waals surface area contributed by atoms with Crippen molar-refractivity contribution in [3.63, 3.8) is 0 Å². The topological polar surface area (TPSA) is 61.2 Å². The van der Waals surface area contributed by atoms with Crippen LogP contribution in [0.25, 0.3) is 11.7 Å². The summed E-state index contributed by atoms with van der Waals surface area (Å²) >= 11 is 6.77. The molecule has 2 fully saturated rings. The number of carbonyl (C=O) groups excluding carboxylic acids is 1. The van der Waals surface area contributed by atoms with E-state index in [1.54, 1.807) is 41.4 Å². The summed E-state index contributed by atoms with van der Waals surface area (Å²) in [6.45, 7) is 3.07. The van der Waals surface area contributed by atoms with E-state index < -0.39 is 0 Å². The molecule has 10 heteroatoms. The van der Waals surface area contributed by atoms with E-state index in [0.717, 1.165) is 11.3 Å². The van der Waals surface area contributed by atoms with Gasteiger partial charge in [0.05, 0.1) is 10.5 Å².